The van der Waals surface area contributed by atoms with Gasteiger partial charge in [0.25, 0.3) is 0 Å². The van der Waals surface area contributed by atoms with Crippen LogP contribution in [0.3, 0.4) is 0 Å². The van der Waals surface area contributed by atoms with Crippen molar-refractivity contribution in [3.63, 3.8) is 0 Å². The van der Waals surface area contributed by atoms with Crippen LogP contribution in [0.25, 0.3) is 0 Å². The number of aliphatic imine (C=N–C) groups is 1. The third kappa shape index (κ3) is 8.30. The minimum Gasteiger partial charge on any atom is -0.493 e. The Bertz CT molecular complexity index is 613. The van der Waals surface area contributed by atoms with Crippen LogP contribution in [0, 0.1) is 0 Å². The maximum absolute atomic E-state index is 5.67. The van der Waals surface area contributed by atoms with Crippen molar-refractivity contribution in [1.29, 1.82) is 0 Å². The zero-order valence-corrected chi connectivity index (χ0v) is 20.7. The van der Waals surface area contributed by atoms with Crippen molar-refractivity contribution < 1.29 is 18.9 Å². The molecule has 28 heavy (non-hydrogen) atoms. The zero-order valence-electron chi connectivity index (χ0n) is 16.8. The summed E-state index contributed by atoms with van der Waals surface area (Å²) in [5.41, 5.74) is 1.06. The summed E-state index contributed by atoms with van der Waals surface area (Å²) in [7, 11) is 5.01. The van der Waals surface area contributed by atoms with Crippen LogP contribution in [0.2, 0.25) is 0 Å². The van der Waals surface area contributed by atoms with Crippen molar-refractivity contribution in [2.24, 2.45) is 4.99 Å². The van der Waals surface area contributed by atoms with Crippen LogP contribution in [0.1, 0.15) is 24.8 Å². The van der Waals surface area contributed by atoms with Crippen LogP contribution in [0.4, 0.5) is 0 Å². The van der Waals surface area contributed by atoms with E-state index in [0.29, 0.717) is 31.3 Å². The van der Waals surface area contributed by atoms with E-state index in [1.165, 1.54) is 0 Å². The van der Waals surface area contributed by atoms with Crippen LogP contribution in [0.5, 0.6) is 11.5 Å². The molecule has 0 amide bonds. The average molecular weight is 572 g/mol. The van der Waals surface area contributed by atoms with E-state index < -0.39 is 0 Å². The number of nitrogens with zero attached hydrogens (tertiary/aromatic N) is 1. The number of nitrogens with one attached hydrogen (secondary N) is 2. The Morgan fingerprint density at radius 3 is 2.75 bits per heavy atom. The van der Waals surface area contributed by atoms with Gasteiger partial charge < -0.3 is 29.6 Å². The fourth-order valence-electron chi connectivity index (χ4n) is 2.85. The molecule has 1 fully saturated rings. The van der Waals surface area contributed by atoms with E-state index in [4.69, 9.17) is 18.9 Å². The van der Waals surface area contributed by atoms with Gasteiger partial charge in [-0.05, 0) is 52.9 Å². The number of guanidine groups is 1. The molecule has 1 aromatic rings. The number of benzene rings is 1. The molecule has 0 saturated carbocycles. The molecular formula is C19H31BrIN3O4. The van der Waals surface area contributed by atoms with E-state index in [1.807, 2.05) is 12.1 Å². The first-order chi connectivity index (χ1) is 13.2. The van der Waals surface area contributed by atoms with Gasteiger partial charge in [-0.1, -0.05) is 0 Å². The van der Waals surface area contributed by atoms with Crippen LogP contribution in [-0.4, -0.2) is 59.7 Å². The Morgan fingerprint density at radius 2 is 2.11 bits per heavy atom. The Labute approximate surface area is 193 Å². The van der Waals surface area contributed by atoms with Crippen LogP contribution in [-0.2, 0) is 16.0 Å². The predicted octanol–water partition coefficient (Wildman–Crippen LogP) is 3.34. The Hall–Kier alpha value is -0.780. The molecule has 1 heterocycles. The number of rotatable bonds is 10. The summed E-state index contributed by atoms with van der Waals surface area (Å²) in [4.78, 5) is 4.25. The van der Waals surface area contributed by atoms with Crippen LogP contribution >= 0.6 is 39.9 Å². The van der Waals surface area contributed by atoms with Crippen molar-refractivity contribution in [2.45, 2.75) is 31.9 Å². The summed E-state index contributed by atoms with van der Waals surface area (Å²) in [6.45, 7) is 3.69. The van der Waals surface area contributed by atoms with Crippen molar-refractivity contribution >= 4 is 45.9 Å². The lowest BCUT2D eigenvalue weighted by atomic mass is 10.2. The third-order valence-corrected chi connectivity index (χ3v) is 4.85. The van der Waals surface area contributed by atoms with E-state index in [9.17, 15) is 0 Å². The third-order valence-electron chi connectivity index (χ3n) is 4.26. The number of ether oxygens (including phenoxy) is 4. The summed E-state index contributed by atoms with van der Waals surface area (Å²) in [6.07, 6.45) is 3.46. The highest BCUT2D eigenvalue weighted by atomic mass is 127. The van der Waals surface area contributed by atoms with Crippen LogP contribution < -0.4 is 20.1 Å². The molecule has 1 unspecified atom stereocenters. The molecule has 0 bridgehead atoms. The lowest BCUT2D eigenvalue weighted by Crippen LogP contribution is -2.37. The van der Waals surface area contributed by atoms with E-state index in [0.717, 1.165) is 48.4 Å². The van der Waals surface area contributed by atoms with Gasteiger partial charge in [0.2, 0.25) is 0 Å². The van der Waals surface area contributed by atoms with E-state index in [2.05, 4.69) is 31.6 Å². The normalized spacial score (nSPS) is 16.4. The molecular weight excluding hydrogens is 541 g/mol. The first-order valence-corrected chi connectivity index (χ1v) is 10.0. The van der Waals surface area contributed by atoms with Gasteiger partial charge >= 0.3 is 0 Å². The molecule has 9 heteroatoms. The maximum atomic E-state index is 5.67. The van der Waals surface area contributed by atoms with Gasteiger partial charge in [-0.2, -0.15) is 0 Å². The van der Waals surface area contributed by atoms with Gasteiger partial charge in [-0.3, -0.25) is 4.99 Å². The second kappa shape index (κ2) is 14.2. The van der Waals surface area contributed by atoms with Crippen LogP contribution in [0.15, 0.2) is 21.6 Å². The molecule has 7 nitrogen and oxygen atoms in total. The van der Waals surface area contributed by atoms with Crippen molar-refractivity contribution in [2.75, 3.05) is 47.6 Å². The highest BCUT2D eigenvalue weighted by Crippen LogP contribution is 2.36. The summed E-state index contributed by atoms with van der Waals surface area (Å²) in [6, 6.07) is 3.95. The van der Waals surface area contributed by atoms with E-state index >= 15 is 0 Å². The standard InChI is InChI=1S/C19H30BrN3O4.HI/c1-21-19(22-7-5-8-26-13-15-6-4-9-27-15)23-12-14-10-16(20)18(25-3)17(11-14)24-2;/h10-11,15H,4-9,12-13H2,1-3H3,(H2,21,22,23);1H. The monoisotopic (exact) mass is 571 g/mol. The zero-order chi connectivity index (χ0) is 19.5. The topological polar surface area (TPSA) is 73.3 Å². The predicted molar refractivity (Wildman–Crippen MR) is 125 cm³/mol. The van der Waals surface area contributed by atoms with E-state index in [1.54, 1.807) is 21.3 Å². The first kappa shape index (κ1) is 25.3. The van der Waals surface area contributed by atoms with Crippen molar-refractivity contribution in [1.82, 2.24) is 10.6 Å². The minimum atomic E-state index is 0. The lowest BCUT2D eigenvalue weighted by molar-refractivity contribution is 0.0168. The van der Waals surface area contributed by atoms with Crippen molar-refractivity contribution in [3.05, 3.63) is 22.2 Å². The molecule has 2 rings (SSSR count). The number of hydrogen-bond acceptors (Lipinski definition) is 5. The van der Waals surface area contributed by atoms with Crippen molar-refractivity contribution in [3.8, 4) is 11.5 Å². The lowest BCUT2D eigenvalue weighted by Gasteiger charge is -2.15. The smallest absolute Gasteiger partial charge is 0.191 e. The summed E-state index contributed by atoms with van der Waals surface area (Å²) in [5, 5.41) is 6.59. The molecule has 1 saturated heterocycles. The van der Waals surface area contributed by atoms with Gasteiger partial charge in [0.15, 0.2) is 17.5 Å². The Kier molecular flexibility index (Phi) is 12.8. The maximum Gasteiger partial charge on any atom is 0.191 e. The van der Waals surface area contributed by atoms with Gasteiger partial charge in [0, 0.05) is 33.4 Å². The molecule has 2 N–H and O–H groups in total. The number of halogens is 2. The summed E-state index contributed by atoms with van der Waals surface area (Å²) in [5.74, 6) is 2.13. The fourth-order valence-corrected chi connectivity index (χ4v) is 3.50. The number of hydrogen-bond donors (Lipinski definition) is 2. The van der Waals surface area contributed by atoms with Gasteiger partial charge in [-0.15, -0.1) is 24.0 Å². The van der Waals surface area contributed by atoms with Gasteiger partial charge in [-0.25, -0.2) is 0 Å². The molecule has 160 valence electrons. The molecule has 1 aliphatic rings. The second-order valence-electron chi connectivity index (χ2n) is 6.23. The summed E-state index contributed by atoms with van der Waals surface area (Å²) >= 11 is 3.51. The highest BCUT2D eigenvalue weighted by molar-refractivity contribution is 14.0. The molecule has 1 aliphatic heterocycles. The molecule has 0 radical (unpaired) electrons. The molecule has 1 aromatic carbocycles. The first-order valence-electron chi connectivity index (χ1n) is 9.22. The molecule has 1 atom stereocenters. The molecule has 0 aliphatic carbocycles. The number of methoxy groups -OCH3 is 2. The SMILES string of the molecule is CN=C(NCCCOCC1CCCO1)NCc1cc(Br)c(OC)c(OC)c1.I. The summed E-state index contributed by atoms with van der Waals surface area (Å²) < 4.78 is 22.8. The minimum absolute atomic E-state index is 0. The highest BCUT2D eigenvalue weighted by Gasteiger charge is 2.15. The average Bonchev–Trinajstić information content (AvgIpc) is 3.19. The van der Waals surface area contributed by atoms with Gasteiger partial charge in [0.1, 0.15) is 0 Å². The largest absolute Gasteiger partial charge is 0.493 e. The fraction of sp³-hybridized carbons (Fsp3) is 0.632. The van der Waals surface area contributed by atoms with Gasteiger partial charge in [0.05, 0.1) is 31.4 Å². The quantitative estimate of drug-likeness (QED) is 0.194. The second-order valence-corrected chi connectivity index (χ2v) is 7.08. The van der Waals surface area contributed by atoms with E-state index in [-0.39, 0.29) is 30.1 Å². The molecule has 0 aromatic heterocycles. The Balaban J connectivity index is 0.00000392. The Morgan fingerprint density at radius 1 is 1.29 bits per heavy atom. The molecule has 0 spiro atoms.